The van der Waals surface area contributed by atoms with Crippen LogP contribution in [0.4, 0.5) is 0 Å². The highest BCUT2D eigenvalue weighted by Gasteiger charge is 2.59. The van der Waals surface area contributed by atoms with Crippen molar-refractivity contribution < 1.29 is 19.1 Å². The Labute approximate surface area is 197 Å². The molecule has 3 aliphatic rings. The van der Waals surface area contributed by atoms with Crippen molar-refractivity contribution in [1.29, 1.82) is 0 Å². The Kier molecular flexibility index (Phi) is 5.71. The topological polar surface area (TPSA) is 68.2 Å². The van der Waals surface area contributed by atoms with E-state index in [0.29, 0.717) is 35.3 Å². The summed E-state index contributed by atoms with van der Waals surface area (Å²) in [6.45, 7) is 4.69. The highest BCUT2D eigenvalue weighted by atomic mass is 35.5. The first-order valence-electron chi connectivity index (χ1n) is 11.2. The monoisotopic (exact) mass is 464 g/mol. The van der Waals surface area contributed by atoms with Crippen molar-refractivity contribution in [1.82, 2.24) is 5.01 Å². The van der Waals surface area contributed by atoms with Gasteiger partial charge in [-0.05, 0) is 55.4 Å². The molecule has 0 unspecified atom stereocenters. The number of hydrogen-bond acceptors (Lipinski definition) is 5. The number of allylic oxidation sites excluding steroid dienone is 2. The molecule has 0 aromatic heterocycles. The van der Waals surface area contributed by atoms with Gasteiger partial charge >= 0.3 is 0 Å². The van der Waals surface area contributed by atoms with E-state index in [4.69, 9.17) is 21.1 Å². The number of rotatable bonds is 7. The number of amides is 2. The summed E-state index contributed by atoms with van der Waals surface area (Å²) in [5, 5.41) is 5.63. The molecule has 1 saturated heterocycles. The predicted octanol–water partition coefficient (Wildman–Crippen LogP) is 4.77. The molecule has 2 aromatic carbocycles. The van der Waals surface area contributed by atoms with Crippen LogP contribution in [0.3, 0.4) is 0 Å². The van der Waals surface area contributed by atoms with Crippen LogP contribution in [-0.2, 0) is 16.2 Å². The standard InChI is InChI=1S/C26H25ClN2O4/c1-3-32-21-11-17(10-20(27)24(21)33-14-16-6-4-15(2)5-7-16)13-28-29-25(30)22-18-8-9-19(12-18)23(22)26(29)31/h4-11,13,18-19,22-23H,3,12,14H2,1-2H3/t18-,19-,22-,23+/m0/s1. The highest BCUT2D eigenvalue weighted by Crippen LogP contribution is 2.52. The molecule has 0 radical (unpaired) electrons. The smallest absolute Gasteiger partial charge is 0.254 e. The molecule has 2 aromatic rings. The maximum absolute atomic E-state index is 12.8. The summed E-state index contributed by atoms with van der Waals surface area (Å²) >= 11 is 6.52. The van der Waals surface area contributed by atoms with E-state index in [2.05, 4.69) is 17.3 Å². The van der Waals surface area contributed by atoms with Crippen molar-refractivity contribution in [3.05, 3.63) is 70.3 Å². The zero-order valence-corrected chi connectivity index (χ0v) is 19.3. The lowest BCUT2D eigenvalue weighted by atomic mass is 9.85. The number of hydrogen-bond donors (Lipinski definition) is 0. The van der Waals surface area contributed by atoms with Crippen LogP contribution in [0.25, 0.3) is 0 Å². The molecule has 2 amide bonds. The third-order valence-corrected chi connectivity index (χ3v) is 6.89. The van der Waals surface area contributed by atoms with Gasteiger partial charge in [0.05, 0.1) is 29.7 Å². The summed E-state index contributed by atoms with van der Waals surface area (Å²) in [6, 6.07) is 11.5. The fourth-order valence-electron chi connectivity index (χ4n) is 5.03. The normalized spacial score (nSPS) is 25.4. The number of aryl methyl sites for hydroxylation is 1. The van der Waals surface area contributed by atoms with Crippen molar-refractivity contribution in [2.45, 2.75) is 26.9 Å². The van der Waals surface area contributed by atoms with E-state index >= 15 is 0 Å². The molecule has 1 saturated carbocycles. The van der Waals surface area contributed by atoms with Crippen molar-refractivity contribution >= 4 is 29.6 Å². The molecule has 0 spiro atoms. The molecule has 6 nitrogen and oxygen atoms in total. The SMILES string of the molecule is CCOc1cc(C=NN2C(=O)[C@@H]3[C@H](C2=O)[C@H]2C=C[C@H]3C2)cc(Cl)c1OCc1ccc(C)cc1. The van der Waals surface area contributed by atoms with Gasteiger partial charge in [-0.2, -0.15) is 10.1 Å². The number of ether oxygens (including phenoxy) is 2. The van der Waals surface area contributed by atoms with E-state index < -0.39 is 0 Å². The molecular formula is C26H25ClN2O4. The Bertz CT molecular complexity index is 1130. The fraction of sp³-hybridized carbons (Fsp3) is 0.346. The Balaban J connectivity index is 1.34. The summed E-state index contributed by atoms with van der Waals surface area (Å²) in [7, 11) is 0. The van der Waals surface area contributed by atoms with Crippen molar-refractivity contribution in [3.63, 3.8) is 0 Å². The first-order chi connectivity index (χ1) is 16.0. The van der Waals surface area contributed by atoms with Crippen molar-refractivity contribution in [3.8, 4) is 11.5 Å². The van der Waals surface area contributed by atoms with Crippen molar-refractivity contribution in [2.75, 3.05) is 6.61 Å². The van der Waals surface area contributed by atoms with Crippen LogP contribution >= 0.6 is 11.6 Å². The Hall–Kier alpha value is -3.12. The predicted molar refractivity (Wildman–Crippen MR) is 125 cm³/mol. The van der Waals surface area contributed by atoms with Gasteiger partial charge < -0.3 is 9.47 Å². The number of halogens is 1. The van der Waals surface area contributed by atoms with E-state index in [0.717, 1.165) is 17.0 Å². The maximum atomic E-state index is 12.8. The van der Waals surface area contributed by atoms with Gasteiger partial charge in [0.15, 0.2) is 11.5 Å². The lowest BCUT2D eigenvalue weighted by Gasteiger charge is -2.15. The summed E-state index contributed by atoms with van der Waals surface area (Å²) in [4.78, 5) is 25.7. The summed E-state index contributed by atoms with van der Waals surface area (Å²) < 4.78 is 11.7. The molecular weight excluding hydrogens is 440 g/mol. The summed E-state index contributed by atoms with van der Waals surface area (Å²) in [5.41, 5.74) is 2.81. The molecule has 2 fully saturated rings. The van der Waals surface area contributed by atoms with Crippen LogP contribution in [0, 0.1) is 30.6 Å². The Morgan fingerprint density at radius 3 is 2.36 bits per heavy atom. The molecule has 7 heteroatoms. The second kappa shape index (κ2) is 8.67. The van der Waals surface area contributed by atoms with Gasteiger partial charge in [-0.15, -0.1) is 0 Å². The van der Waals surface area contributed by atoms with Gasteiger partial charge in [0, 0.05) is 0 Å². The molecule has 1 aliphatic heterocycles. The van der Waals surface area contributed by atoms with Crippen LogP contribution in [0.5, 0.6) is 11.5 Å². The Morgan fingerprint density at radius 1 is 1.06 bits per heavy atom. The zero-order valence-electron chi connectivity index (χ0n) is 18.5. The minimum Gasteiger partial charge on any atom is -0.490 e. The third-order valence-electron chi connectivity index (χ3n) is 6.60. The third kappa shape index (κ3) is 3.93. The molecule has 170 valence electrons. The number of carbonyl (C=O) groups is 2. The summed E-state index contributed by atoms with van der Waals surface area (Å²) in [5.74, 6) is 0.258. The van der Waals surface area contributed by atoms with Crippen LogP contribution < -0.4 is 9.47 Å². The molecule has 4 atom stereocenters. The lowest BCUT2D eigenvalue weighted by molar-refractivity contribution is -0.140. The number of carbonyl (C=O) groups excluding carboxylic acids is 2. The molecule has 2 bridgehead atoms. The highest BCUT2D eigenvalue weighted by molar-refractivity contribution is 6.32. The van der Waals surface area contributed by atoms with Gasteiger partial charge in [-0.3, -0.25) is 9.59 Å². The number of imide groups is 1. The largest absolute Gasteiger partial charge is 0.490 e. The number of benzene rings is 2. The first-order valence-corrected chi connectivity index (χ1v) is 11.6. The lowest BCUT2D eigenvalue weighted by Crippen LogP contribution is -2.28. The van der Waals surface area contributed by atoms with E-state index in [1.807, 2.05) is 38.1 Å². The van der Waals surface area contributed by atoms with E-state index in [9.17, 15) is 9.59 Å². The first kappa shape index (κ1) is 21.7. The van der Waals surface area contributed by atoms with E-state index in [1.165, 1.54) is 11.8 Å². The number of fused-ring (bicyclic) bond motifs is 5. The van der Waals surface area contributed by atoms with Crippen molar-refractivity contribution in [2.24, 2.45) is 28.8 Å². The molecule has 2 aliphatic carbocycles. The average molecular weight is 465 g/mol. The van der Waals surface area contributed by atoms with Crippen LogP contribution in [0.2, 0.25) is 5.02 Å². The molecule has 33 heavy (non-hydrogen) atoms. The minimum absolute atomic E-state index is 0.153. The van der Waals surface area contributed by atoms with Gasteiger partial charge in [-0.25, -0.2) is 0 Å². The maximum Gasteiger partial charge on any atom is 0.254 e. The zero-order chi connectivity index (χ0) is 23.1. The molecule has 0 N–H and O–H groups in total. The number of nitrogens with zero attached hydrogens (tertiary/aromatic N) is 2. The van der Waals surface area contributed by atoms with Crippen LogP contribution in [0.1, 0.15) is 30.0 Å². The van der Waals surface area contributed by atoms with Crippen LogP contribution in [0.15, 0.2) is 53.7 Å². The van der Waals surface area contributed by atoms with Gasteiger partial charge in [0.1, 0.15) is 6.61 Å². The average Bonchev–Trinajstić information content (AvgIpc) is 3.47. The second-order valence-electron chi connectivity index (χ2n) is 8.77. The van der Waals surface area contributed by atoms with Gasteiger partial charge in [0.25, 0.3) is 11.8 Å². The minimum atomic E-state index is -0.273. The Morgan fingerprint density at radius 2 is 1.73 bits per heavy atom. The molecule has 1 heterocycles. The quantitative estimate of drug-likeness (QED) is 0.336. The van der Waals surface area contributed by atoms with Gasteiger partial charge in [0.2, 0.25) is 0 Å². The fourth-order valence-corrected chi connectivity index (χ4v) is 5.30. The van der Waals surface area contributed by atoms with Crippen LogP contribution in [-0.4, -0.2) is 29.6 Å². The second-order valence-corrected chi connectivity index (χ2v) is 9.18. The van der Waals surface area contributed by atoms with E-state index in [-0.39, 0.29) is 35.5 Å². The summed E-state index contributed by atoms with van der Waals surface area (Å²) in [6.07, 6.45) is 6.49. The molecule has 5 rings (SSSR count). The van der Waals surface area contributed by atoms with Gasteiger partial charge in [-0.1, -0.05) is 53.6 Å². The van der Waals surface area contributed by atoms with E-state index in [1.54, 1.807) is 12.1 Å². The number of hydrazone groups is 1.